The van der Waals surface area contributed by atoms with Gasteiger partial charge in [0.05, 0.1) is 0 Å². The summed E-state index contributed by atoms with van der Waals surface area (Å²) in [6.07, 6.45) is 7.44. The van der Waals surface area contributed by atoms with Crippen LogP contribution in [0.1, 0.15) is 32.3 Å². The zero-order chi connectivity index (χ0) is 12.8. The molecule has 1 saturated heterocycles. The molecule has 1 aromatic heterocycles. The van der Waals surface area contributed by atoms with Crippen molar-refractivity contribution in [2.75, 3.05) is 19.6 Å². The number of piperidine rings is 1. The molecule has 1 N–H and O–H groups in total. The number of nitrogens with one attached hydrogen (secondary N) is 1. The van der Waals surface area contributed by atoms with Gasteiger partial charge >= 0.3 is 0 Å². The predicted octanol–water partition coefficient (Wildman–Crippen LogP) is 2.09. The first-order valence-electron chi connectivity index (χ1n) is 7.12. The molecule has 0 unspecified atom stereocenters. The highest BCUT2D eigenvalue weighted by atomic mass is 15.2. The van der Waals surface area contributed by atoms with Gasteiger partial charge in [-0.05, 0) is 64.4 Å². The molecular formula is C15H25N3. The summed E-state index contributed by atoms with van der Waals surface area (Å²) < 4.78 is 0. The fraction of sp³-hybridized carbons (Fsp3) is 0.667. The summed E-state index contributed by atoms with van der Waals surface area (Å²) in [5.41, 5.74) is 1.32. The van der Waals surface area contributed by atoms with E-state index in [1.54, 1.807) is 0 Å². The molecule has 0 saturated carbocycles. The first kappa shape index (κ1) is 13.5. The molecule has 100 valence electrons. The summed E-state index contributed by atoms with van der Waals surface area (Å²) in [4.78, 5) is 6.71. The molecule has 1 aliphatic rings. The average molecular weight is 247 g/mol. The van der Waals surface area contributed by atoms with E-state index in [9.17, 15) is 0 Å². The van der Waals surface area contributed by atoms with Crippen molar-refractivity contribution in [3.8, 4) is 0 Å². The molecule has 18 heavy (non-hydrogen) atoms. The van der Waals surface area contributed by atoms with Gasteiger partial charge in [0.15, 0.2) is 0 Å². The highest BCUT2D eigenvalue weighted by Crippen LogP contribution is 2.12. The summed E-state index contributed by atoms with van der Waals surface area (Å²) in [6, 6.07) is 5.56. The van der Waals surface area contributed by atoms with Crippen molar-refractivity contribution in [2.24, 2.45) is 0 Å². The second-order valence-corrected chi connectivity index (χ2v) is 5.47. The lowest BCUT2D eigenvalue weighted by atomic mass is 10.0. The van der Waals surface area contributed by atoms with E-state index >= 15 is 0 Å². The molecule has 0 aromatic carbocycles. The van der Waals surface area contributed by atoms with Gasteiger partial charge in [-0.1, -0.05) is 6.07 Å². The Kier molecular flexibility index (Phi) is 5.14. The summed E-state index contributed by atoms with van der Waals surface area (Å²) in [7, 11) is 0. The van der Waals surface area contributed by atoms with Crippen molar-refractivity contribution in [1.82, 2.24) is 15.2 Å². The number of aromatic nitrogens is 1. The molecule has 1 aliphatic heterocycles. The highest BCUT2D eigenvalue weighted by molar-refractivity contribution is 5.08. The minimum absolute atomic E-state index is 0.696. The Balaban J connectivity index is 1.64. The SMILES string of the molecule is CC(C)N1CCC(NCCc2cccnc2)CC1. The van der Waals surface area contributed by atoms with Gasteiger partial charge in [-0.3, -0.25) is 4.98 Å². The van der Waals surface area contributed by atoms with Crippen LogP contribution >= 0.6 is 0 Å². The van der Waals surface area contributed by atoms with Gasteiger partial charge in [-0.25, -0.2) is 0 Å². The Morgan fingerprint density at radius 1 is 1.39 bits per heavy atom. The largest absolute Gasteiger partial charge is 0.314 e. The fourth-order valence-electron chi connectivity index (χ4n) is 2.59. The molecule has 1 fully saturated rings. The zero-order valence-corrected chi connectivity index (χ0v) is 11.6. The summed E-state index contributed by atoms with van der Waals surface area (Å²) in [5, 5.41) is 3.68. The molecule has 2 rings (SSSR count). The predicted molar refractivity (Wildman–Crippen MR) is 75.7 cm³/mol. The Morgan fingerprint density at radius 2 is 2.17 bits per heavy atom. The lowest BCUT2D eigenvalue weighted by Crippen LogP contribution is -2.45. The number of likely N-dealkylation sites (tertiary alicyclic amines) is 1. The average Bonchev–Trinajstić information content (AvgIpc) is 2.40. The fourth-order valence-corrected chi connectivity index (χ4v) is 2.59. The molecule has 0 radical (unpaired) electrons. The van der Waals surface area contributed by atoms with Crippen molar-refractivity contribution in [3.05, 3.63) is 30.1 Å². The smallest absolute Gasteiger partial charge is 0.0300 e. The highest BCUT2D eigenvalue weighted by Gasteiger charge is 2.19. The lowest BCUT2D eigenvalue weighted by molar-refractivity contribution is 0.161. The number of hydrogen-bond donors (Lipinski definition) is 1. The first-order chi connectivity index (χ1) is 8.75. The van der Waals surface area contributed by atoms with Crippen molar-refractivity contribution in [1.29, 1.82) is 0 Å². The quantitative estimate of drug-likeness (QED) is 0.863. The van der Waals surface area contributed by atoms with E-state index in [0.717, 1.165) is 13.0 Å². The van der Waals surface area contributed by atoms with Gasteiger partial charge < -0.3 is 10.2 Å². The molecule has 0 atom stereocenters. The third-order valence-electron chi connectivity index (χ3n) is 3.83. The maximum absolute atomic E-state index is 4.14. The van der Waals surface area contributed by atoms with E-state index in [-0.39, 0.29) is 0 Å². The Bertz CT molecular complexity index is 329. The van der Waals surface area contributed by atoms with Crippen LogP contribution in [0.5, 0.6) is 0 Å². The normalized spacial score (nSPS) is 18.4. The molecule has 0 bridgehead atoms. The summed E-state index contributed by atoms with van der Waals surface area (Å²) >= 11 is 0. The maximum atomic E-state index is 4.14. The van der Waals surface area contributed by atoms with Crippen molar-refractivity contribution in [3.63, 3.8) is 0 Å². The molecule has 0 aliphatic carbocycles. The van der Waals surface area contributed by atoms with Crippen molar-refractivity contribution < 1.29 is 0 Å². The summed E-state index contributed by atoms with van der Waals surface area (Å²) in [6.45, 7) is 8.12. The topological polar surface area (TPSA) is 28.2 Å². The van der Waals surface area contributed by atoms with Crippen LogP contribution in [0.3, 0.4) is 0 Å². The van der Waals surface area contributed by atoms with Gasteiger partial charge in [0.1, 0.15) is 0 Å². The molecule has 0 amide bonds. The third kappa shape index (κ3) is 4.07. The molecule has 0 spiro atoms. The number of nitrogens with zero attached hydrogens (tertiary/aromatic N) is 2. The Morgan fingerprint density at radius 3 is 2.78 bits per heavy atom. The Labute approximate surface area is 111 Å². The zero-order valence-electron chi connectivity index (χ0n) is 11.6. The molecule has 2 heterocycles. The van der Waals surface area contributed by atoms with Crippen LogP contribution in [0.15, 0.2) is 24.5 Å². The number of rotatable bonds is 5. The Hall–Kier alpha value is -0.930. The number of pyridine rings is 1. The van der Waals surface area contributed by atoms with Gasteiger partial charge in [0.25, 0.3) is 0 Å². The van der Waals surface area contributed by atoms with Crippen LogP contribution in [0.2, 0.25) is 0 Å². The molecule has 3 nitrogen and oxygen atoms in total. The monoisotopic (exact) mass is 247 g/mol. The van der Waals surface area contributed by atoms with E-state index in [1.807, 2.05) is 18.5 Å². The second kappa shape index (κ2) is 6.86. The second-order valence-electron chi connectivity index (χ2n) is 5.47. The van der Waals surface area contributed by atoms with E-state index in [1.165, 1.54) is 31.5 Å². The maximum Gasteiger partial charge on any atom is 0.0300 e. The molecule has 3 heteroatoms. The van der Waals surface area contributed by atoms with Crippen LogP contribution in [0.4, 0.5) is 0 Å². The first-order valence-corrected chi connectivity index (χ1v) is 7.12. The van der Waals surface area contributed by atoms with Gasteiger partial charge in [-0.2, -0.15) is 0 Å². The van der Waals surface area contributed by atoms with Crippen molar-refractivity contribution >= 4 is 0 Å². The summed E-state index contributed by atoms with van der Waals surface area (Å²) in [5.74, 6) is 0. The standard InChI is InChI=1S/C15H25N3/c1-13(2)18-10-6-15(7-11-18)17-9-5-14-4-3-8-16-12-14/h3-4,8,12-13,15,17H,5-7,9-11H2,1-2H3. The van der Waals surface area contributed by atoms with Crippen LogP contribution in [-0.2, 0) is 6.42 Å². The van der Waals surface area contributed by atoms with E-state index < -0.39 is 0 Å². The van der Waals surface area contributed by atoms with Gasteiger partial charge in [0, 0.05) is 24.5 Å². The van der Waals surface area contributed by atoms with E-state index in [0.29, 0.717) is 12.1 Å². The molecular weight excluding hydrogens is 222 g/mol. The van der Waals surface area contributed by atoms with Gasteiger partial charge in [-0.15, -0.1) is 0 Å². The van der Waals surface area contributed by atoms with Crippen molar-refractivity contribution in [2.45, 2.75) is 45.2 Å². The van der Waals surface area contributed by atoms with Crippen LogP contribution in [0, 0.1) is 0 Å². The van der Waals surface area contributed by atoms with Gasteiger partial charge in [0.2, 0.25) is 0 Å². The minimum Gasteiger partial charge on any atom is -0.314 e. The lowest BCUT2D eigenvalue weighted by Gasteiger charge is -2.35. The van der Waals surface area contributed by atoms with E-state index in [2.05, 4.69) is 35.1 Å². The minimum atomic E-state index is 0.696. The molecule has 1 aromatic rings. The van der Waals surface area contributed by atoms with E-state index in [4.69, 9.17) is 0 Å². The van der Waals surface area contributed by atoms with Crippen LogP contribution in [0.25, 0.3) is 0 Å². The number of hydrogen-bond acceptors (Lipinski definition) is 3. The van der Waals surface area contributed by atoms with Crippen LogP contribution in [-0.4, -0.2) is 41.6 Å². The third-order valence-corrected chi connectivity index (χ3v) is 3.83. The van der Waals surface area contributed by atoms with Crippen LogP contribution < -0.4 is 5.32 Å².